The summed E-state index contributed by atoms with van der Waals surface area (Å²) in [4.78, 5) is 0. The molecular weight excluding hydrogens is 677 g/mol. The van der Waals surface area contributed by atoms with E-state index in [4.69, 9.17) is 33.2 Å². The fraction of sp³-hybridized carbons (Fsp3) is 1.00. The number of hydrogen-bond acceptors (Lipinski definition) is 7. The minimum Gasteiger partial charge on any atom is -0.382 e. The fourth-order valence-corrected chi connectivity index (χ4v) is 4.76. The number of rotatable bonds is 26. The van der Waals surface area contributed by atoms with Crippen LogP contribution in [0.3, 0.4) is 0 Å². The number of hydrogen-bond donors (Lipinski definition) is 0. The summed E-state index contributed by atoms with van der Waals surface area (Å²) < 4.78 is 37.6. The summed E-state index contributed by atoms with van der Waals surface area (Å²) in [5.74, 6) is 1.19. The van der Waals surface area contributed by atoms with Crippen molar-refractivity contribution in [3.05, 3.63) is 0 Å². The molecule has 0 aromatic carbocycles. The molecule has 0 N–H and O–H groups in total. The van der Waals surface area contributed by atoms with Gasteiger partial charge in [-0.1, -0.05) is 81.1 Å². The van der Waals surface area contributed by atoms with Crippen molar-refractivity contribution in [3.63, 3.8) is 0 Å². The first kappa shape index (κ1) is 65.6. The van der Waals surface area contributed by atoms with Crippen LogP contribution in [0.25, 0.3) is 0 Å². The van der Waals surface area contributed by atoms with Crippen LogP contribution in [0.1, 0.15) is 210 Å². The van der Waals surface area contributed by atoms with Crippen molar-refractivity contribution in [3.8, 4) is 0 Å². The second-order valence-electron chi connectivity index (χ2n) is 15.5. The molecule has 0 radical (unpaired) electrons. The molecule has 2 unspecified atom stereocenters. The van der Waals surface area contributed by atoms with Crippen molar-refractivity contribution in [2.24, 2.45) is 11.8 Å². The van der Waals surface area contributed by atoms with E-state index in [2.05, 4.69) is 96.9 Å². The molecule has 54 heavy (non-hydrogen) atoms. The Morgan fingerprint density at radius 2 is 0.667 bits per heavy atom. The van der Waals surface area contributed by atoms with E-state index in [0.29, 0.717) is 60.7 Å². The Balaban J connectivity index is -0.000000131. The molecule has 0 aromatic rings. The second-order valence-corrected chi connectivity index (χ2v) is 15.5. The number of ether oxygens (including phenoxy) is 7. The van der Waals surface area contributed by atoms with E-state index < -0.39 is 0 Å². The van der Waals surface area contributed by atoms with Gasteiger partial charge in [-0.15, -0.1) is 0 Å². The maximum atomic E-state index is 5.73. The van der Waals surface area contributed by atoms with Gasteiger partial charge >= 0.3 is 0 Å². The first-order chi connectivity index (χ1) is 25.4. The molecule has 0 spiro atoms. The van der Waals surface area contributed by atoms with E-state index >= 15 is 0 Å². The molecule has 0 saturated carbocycles. The SMILES string of the molecule is CCCC(CC)OC(C)C.CCCC(CC)OC(C)C.CCCC(CCC)OC(C)C.CCOC(C)C.CCOCC(COCC)C(C)C.COC(C)C. The maximum Gasteiger partial charge on any atom is 0.0578 e. The van der Waals surface area contributed by atoms with E-state index in [0.717, 1.165) is 45.9 Å². The van der Waals surface area contributed by atoms with E-state index in [1.165, 1.54) is 51.4 Å². The van der Waals surface area contributed by atoms with Crippen LogP contribution in [0.15, 0.2) is 0 Å². The Morgan fingerprint density at radius 3 is 0.833 bits per heavy atom. The molecule has 7 heteroatoms. The lowest BCUT2D eigenvalue weighted by Crippen LogP contribution is -2.21. The monoisotopic (exact) mass is 783 g/mol. The van der Waals surface area contributed by atoms with Gasteiger partial charge < -0.3 is 33.2 Å². The predicted octanol–water partition coefficient (Wildman–Crippen LogP) is 14.2. The molecule has 2 atom stereocenters. The number of methoxy groups -OCH3 is 1. The second kappa shape index (κ2) is 52.7. The Kier molecular flexibility index (Phi) is 64.0. The zero-order chi connectivity index (χ0) is 43.3. The summed E-state index contributed by atoms with van der Waals surface area (Å²) in [5, 5.41) is 0. The van der Waals surface area contributed by atoms with Gasteiger partial charge in [0.25, 0.3) is 0 Å². The summed E-state index contributed by atoms with van der Waals surface area (Å²) in [7, 11) is 1.70. The highest BCUT2D eigenvalue weighted by molar-refractivity contribution is 4.61. The molecule has 0 rings (SSSR count). The van der Waals surface area contributed by atoms with Crippen LogP contribution in [0.2, 0.25) is 0 Å². The molecule has 0 aliphatic carbocycles. The van der Waals surface area contributed by atoms with Crippen molar-refractivity contribution in [1.29, 1.82) is 0 Å². The largest absolute Gasteiger partial charge is 0.382 e. The van der Waals surface area contributed by atoms with Crippen molar-refractivity contribution < 1.29 is 33.2 Å². The summed E-state index contributed by atoms with van der Waals surface area (Å²) in [6.07, 6.45) is 15.5. The van der Waals surface area contributed by atoms with Gasteiger partial charge in [0.1, 0.15) is 0 Å². The Bertz CT molecular complexity index is 577. The fourth-order valence-electron chi connectivity index (χ4n) is 4.76. The molecule has 0 bridgehead atoms. The standard InChI is InChI=1S/C10H22O2.C10H22O.2C9H20O.C5H12O.C4H10O/c1-5-11-7-10(9(3)4)8-12-6-2;1-5-7-10(8-6-2)11-9(3)4;2*1-5-7-9(6-2)10-8(3)4;1-4-6-5(2)3;1-4(2)5-3/h9-10H,5-8H2,1-4H3;9-10H,5-8H2,1-4H3;2*8-9H,5-7H2,1-4H3;5H,4H2,1-3H3;4H,1-3H3. The smallest absolute Gasteiger partial charge is 0.0578 e. The van der Waals surface area contributed by atoms with Crippen LogP contribution in [-0.4, -0.2) is 89.0 Å². The van der Waals surface area contributed by atoms with E-state index in [1.807, 2.05) is 48.5 Å². The zero-order valence-electron chi connectivity index (χ0n) is 41.2. The van der Waals surface area contributed by atoms with Gasteiger partial charge in [0, 0.05) is 32.8 Å². The molecule has 0 saturated heterocycles. The lowest BCUT2D eigenvalue weighted by molar-refractivity contribution is -0.00203. The van der Waals surface area contributed by atoms with Crippen LogP contribution in [-0.2, 0) is 33.2 Å². The lowest BCUT2D eigenvalue weighted by atomic mass is 9.98. The van der Waals surface area contributed by atoms with Gasteiger partial charge in [-0.05, 0) is 134 Å². The highest BCUT2D eigenvalue weighted by Gasteiger charge is 2.13. The third-order valence-corrected chi connectivity index (χ3v) is 7.73. The van der Waals surface area contributed by atoms with Crippen molar-refractivity contribution >= 4 is 0 Å². The normalized spacial score (nSPS) is 12.1. The van der Waals surface area contributed by atoms with E-state index in [-0.39, 0.29) is 0 Å². The molecule has 0 amide bonds. The molecule has 0 heterocycles. The van der Waals surface area contributed by atoms with Crippen LogP contribution in [0, 0.1) is 11.8 Å². The minimum absolute atomic E-state index is 0.384. The summed E-state index contributed by atoms with van der Waals surface area (Å²) in [6, 6.07) is 0. The van der Waals surface area contributed by atoms with Gasteiger partial charge in [0.15, 0.2) is 0 Å². The van der Waals surface area contributed by atoms with E-state index in [9.17, 15) is 0 Å². The van der Waals surface area contributed by atoms with Gasteiger partial charge in [0.05, 0.1) is 62.0 Å². The molecular formula is C47H106O7. The zero-order valence-corrected chi connectivity index (χ0v) is 41.2. The van der Waals surface area contributed by atoms with Gasteiger partial charge in [-0.2, -0.15) is 0 Å². The minimum atomic E-state index is 0.384. The van der Waals surface area contributed by atoms with Crippen LogP contribution >= 0.6 is 0 Å². The Morgan fingerprint density at radius 1 is 0.370 bits per heavy atom. The molecule has 0 aliphatic rings. The van der Waals surface area contributed by atoms with Crippen LogP contribution in [0.4, 0.5) is 0 Å². The molecule has 0 aromatic heterocycles. The highest BCUT2D eigenvalue weighted by Crippen LogP contribution is 2.13. The first-order valence-electron chi connectivity index (χ1n) is 22.6. The topological polar surface area (TPSA) is 64.6 Å². The van der Waals surface area contributed by atoms with Gasteiger partial charge in [-0.25, -0.2) is 0 Å². The average molecular weight is 783 g/mol. The molecule has 0 fully saturated rings. The molecule has 336 valence electrons. The van der Waals surface area contributed by atoms with Gasteiger partial charge in [0.2, 0.25) is 0 Å². The van der Waals surface area contributed by atoms with Crippen molar-refractivity contribution in [2.45, 2.75) is 258 Å². The van der Waals surface area contributed by atoms with E-state index in [1.54, 1.807) is 7.11 Å². The summed E-state index contributed by atoms with van der Waals surface area (Å²) in [5.41, 5.74) is 0. The third-order valence-electron chi connectivity index (χ3n) is 7.73. The predicted molar refractivity (Wildman–Crippen MR) is 240 cm³/mol. The Labute approximate surface area is 342 Å². The Hall–Kier alpha value is -0.280. The highest BCUT2D eigenvalue weighted by atomic mass is 16.5. The third kappa shape index (κ3) is 66.5. The van der Waals surface area contributed by atoms with Gasteiger partial charge in [-0.3, -0.25) is 0 Å². The molecule has 7 nitrogen and oxygen atoms in total. The maximum absolute atomic E-state index is 5.73. The van der Waals surface area contributed by atoms with Crippen LogP contribution in [0.5, 0.6) is 0 Å². The van der Waals surface area contributed by atoms with Crippen LogP contribution < -0.4 is 0 Å². The molecule has 0 aliphatic heterocycles. The first-order valence-corrected chi connectivity index (χ1v) is 22.6. The average Bonchev–Trinajstić information content (AvgIpc) is 3.08. The lowest BCUT2D eigenvalue weighted by Gasteiger charge is -2.19. The quantitative estimate of drug-likeness (QED) is 0.0865. The van der Waals surface area contributed by atoms with Crippen molar-refractivity contribution in [1.82, 2.24) is 0 Å². The summed E-state index contributed by atoms with van der Waals surface area (Å²) >= 11 is 0. The van der Waals surface area contributed by atoms with Crippen molar-refractivity contribution in [2.75, 3.05) is 40.1 Å². The summed E-state index contributed by atoms with van der Waals surface area (Å²) in [6.45, 7) is 48.4.